The first-order valence-electron chi connectivity index (χ1n) is 5.03. The van der Waals surface area contributed by atoms with Gasteiger partial charge in [0.1, 0.15) is 11.2 Å². The molecular formula is C10H13ClN2O5. The molecule has 8 heteroatoms. The van der Waals surface area contributed by atoms with E-state index in [9.17, 15) is 10.1 Å². The molecule has 0 saturated carbocycles. The van der Waals surface area contributed by atoms with E-state index in [1.165, 1.54) is 18.2 Å². The lowest BCUT2D eigenvalue weighted by atomic mass is 10.0. The fourth-order valence-electron chi connectivity index (χ4n) is 1.32. The monoisotopic (exact) mass is 276 g/mol. The lowest BCUT2D eigenvalue weighted by Gasteiger charge is -2.29. The number of hydrogen-bond donors (Lipinski definition) is 4. The summed E-state index contributed by atoms with van der Waals surface area (Å²) in [4.78, 5) is 10.2. The molecule has 0 unspecified atom stereocenters. The van der Waals surface area contributed by atoms with Gasteiger partial charge in [-0.15, -0.1) is 0 Å². The molecule has 0 atom stereocenters. The fraction of sp³-hybridized carbons (Fsp3) is 0.400. The molecule has 0 amide bonds. The smallest absolute Gasteiger partial charge is 0.293 e. The standard InChI is InChI=1S/C10H13ClN2O5/c11-7-2-1-3-8(13(17)18)9(7)12-10(4-14,5-15)6-16/h1-3,12,14-16H,4-6H2. The molecule has 0 aromatic heterocycles. The van der Waals surface area contributed by atoms with Crippen molar-refractivity contribution < 1.29 is 20.2 Å². The summed E-state index contributed by atoms with van der Waals surface area (Å²) in [6, 6.07) is 4.06. The van der Waals surface area contributed by atoms with Gasteiger partial charge in [0.05, 0.1) is 29.8 Å². The number of nitrogens with one attached hydrogen (secondary N) is 1. The van der Waals surface area contributed by atoms with Crippen LogP contribution in [-0.2, 0) is 0 Å². The summed E-state index contributed by atoms with van der Waals surface area (Å²) < 4.78 is 0. The van der Waals surface area contributed by atoms with Crippen LogP contribution in [0, 0.1) is 10.1 Å². The molecule has 1 rings (SSSR count). The van der Waals surface area contributed by atoms with Crippen molar-refractivity contribution in [3.05, 3.63) is 33.3 Å². The minimum atomic E-state index is -1.48. The number of aliphatic hydroxyl groups excluding tert-OH is 3. The highest BCUT2D eigenvalue weighted by Crippen LogP contribution is 2.33. The Labute approximate surface area is 108 Å². The van der Waals surface area contributed by atoms with E-state index in [-0.39, 0.29) is 16.4 Å². The summed E-state index contributed by atoms with van der Waals surface area (Å²) in [6.07, 6.45) is 0. The highest BCUT2D eigenvalue weighted by molar-refractivity contribution is 6.33. The molecule has 0 aliphatic heterocycles. The zero-order valence-electron chi connectivity index (χ0n) is 9.34. The van der Waals surface area contributed by atoms with Gasteiger partial charge >= 0.3 is 0 Å². The average Bonchev–Trinajstić information content (AvgIpc) is 2.37. The van der Waals surface area contributed by atoms with Gasteiger partial charge in [-0.1, -0.05) is 17.7 Å². The molecule has 100 valence electrons. The van der Waals surface area contributed by atoms with Crippen LogP contribution in [0.25, 0.3) is 0 Å². The maximum absolute atomic E-state index is 10.8. The summed E-state index contributed by atoms with van der Waals surface area (Å²) >= 11 is 5.84. The normalized spacial score (nSPS) is 11.3. The molecule has 0 bridgehead atoms. The van der Waals surface area contributed by atoms with E-state index in [1.54, 1.807) is 0 Å². The van der Waals surface area contributed by atoms with Gasteiger partial charge < -0.3 is 20.6 Å². The van der Waals surface area contributed by atoms with Crippen molar-refractivity contribution in [3.8, 4) is 0 Å². The molecule has 18 heavy (non-hydrogen) atoms. The summed E-state index contributed by atoms with van der Waals surface area (Å²) in [5.74, 6) is 0. The van der Waals surface area contributed by atoms with E-state index >= 15 is 0 Å². The molecule has 0 spiro atoms. The Morgan fingerprint density at radius 2 is 1.83 bits per heavy atom. The lowest BCUT2D eigenvalue weighted by Crippen LogP contribution is -2.49. The Kier molecular flexibility index (Phi) is 4.85. The first kappa shape index (κ1) is 14.7. The van der Waals surface area contributed by atoms with Gasteiger partial charge in [0.2, 0.25) is 0 Å². The van der Waals surface area contributed by atoms with Crippen LogP contribution < -0.4 is 5.32 Å². The third-order valence-electron chi connectivity index (χ3n) is 2.49. The van der Waals surface area contributed by atoms with E-state index in [0.717, 1.165) is 0 Å². The number of hydrogen-bond acceptors (Lipinski definition) is 6. The first-order chi connectivity index (χ1) is 8.49. The molecule has 4 N–H and O–H groups in total. The summed E-state index contributed by atoms with van der Waals surface area (Å²) in [5, 5.41) is 40.9. The van der Waals surface area contributed by atoms with Crippen molar-refractivity contribution >= 4 is 23.0 Å². The maximum Gasteiger partial charge on any atom is 0.293 e. The Hall–Kier alpha value is -1.41. The van der Waals surface area contributed by atoms with Crippen LogP contribution in [0.5, 0.6) is 0 Å². The summed E-state index contributed by atoms with van der Waals surface area (Å²) in [6.45, 7) is -1.83. The van der Waals surface area contributed by atoms with Crippen LogP contribution >= 0.6 is 11.6 Å². The third-order valence-corrected chi connectivity index (χ3v) is 2.80. The van der Waals surface area contributed by atoms with E-state index < -0.39 is 30.3 Å². The molecule has 1 aromatic rings. The van der Waals surface area contributed by atoms with Crippen LogP contribution in [0.15, 0.2) is 18.2 Å². The molecule has 0 aliphatic rings. The van der Waals surface area contributed by atoms with Crippen LogP contribution in [0.3, 0.4) is 0 Å². The second kappa shape index (κ2) is 5.96. The largest absolute Gasteiger partial charge is 0.394 e. The predicted molar refractivity (Wildman–Crippen MR) is 65.7 cm³/mol. The van der Waals surface area contributed by atoms with Crippen molar-refractivity contribution in [2.75, 3.05) is 25.1 Å². The average molecular weight is 277 g/mol. The topological polar surface area (TPSA) is 116 Å². The number of nitro groups is 1. The minimum Gasteiger partial charge on any atom is -0.394 e. The SMILES string of the molecule is O=[N+]([O-])c1cccc(Cl)c1NC(CO)(CO)CO. The van der Waals surface area contributed by atoms with Gasteiger partial charge in [-0.2, -0.15) is 0 Å². The van der Waals surface area contributed by atoms with Gasteiger partial charge in [-0.05, 0) is 6.07 Å². The van der Waals surface area contributed by atoms with Crippen LogP contribution in [0.4, 0.5) is 11.4 Å². The fourth-order valence-corrected chi connectivity index (χ4v) is 1.54. The van der Waals surface area contributed by atoms with E-state index in [4.69, 9.17) is 26.9 Å². The number of nitro benzene ring substituents is 1. The Balaban J connectivity index is 3.20. The highest BCUT2D eigenvalue weighted by Gasteiger charge is 2.31. The van der Waals surface area contributed by atoms with E-state index in [1.807, 2.05) is 0 Å². The van der Waals surface area contributed by atoms with Crippen LogP contribution in [-0.4, -0.2) is 45.6 Å². The summed E-state index contributed by atoms with van der Waals surface area (Å²) in [7, 11) is 0. The van der Waals surface area contributed by atoms with Crippen molar-refractivity contribution in [1.82, 2.24) is 0 Å². The number of aliphatic hydroxyl groups is 3. The van der Waals surface area contributed by atoms with Gasteiger partial charge in [-0.25, -0.2) is 0 Å². The zero-order valence-corrected chi connectivity index (χ0v) is 10.1. The van der Waals surface area contributed by atoms with Crippen molar-refractivity contribution in [2.45, 2.75) is 5.54 Å². The number of nitrogens with zero attached hydrogens (tertiary/aromatic N) is 1. The number of rotatable bonds is 6. The molecule has 0 heterocycles. The summed E-state index contributed by atoms with van der Waals surface area (Å²) in [5.41, 5.74) is -1.83. The number of benzene rings is 1. The number of para-hydroxylation sites is 1. The van der Waals surface area contributed by atoms with Gasteiger partial charge in [-0.3, -0.25) is 10.1 Å². The van der Waals surface area contributed by atoms with Crippen molar-refractivity contribution in [2.24, 2.45) is 0 Å². The van der Waals surface area contributed by atoms with E-state index in [0.29, 0.717) is 0 Å². The van der Waals surface area contributed by atoms with Crippen LogP contribution in [0.1, 0.15) is 0 Å². The van der Waals surface area contributed by atoms with Crippen molar-refractivity contribution in [3.63, 3.8) is 0 Å². The van der Waals surface area contributed by atoms with Crippen LogP contribution in [0.2, 0.25) is 5.02 Å². The lowest BCUT2D eigenvalue weighted by molar-refractivity contribution is -0.384. The Morgan fingerprint density at radius 3 is 2.28 bits per heavy atom. The molecule has 0 saturated heterocycles. The number of anilines is 1. The molecule has 0 radical (unpaired) electrons. The molecule has 0 aliphatic carbocycles. The predicted octanol–water partition coefficient (Wildman–Crippen LogP) is 0.376. The second-order valence-electron chi connectivity index (χ2n) is 3.77. The second-order valence-corrected chi connectivity index (χ2v) is 4.18. The molecular weight excluding hydrogens is 264 g/mol. The van der Waals surface area contributed by atoms with E-state index in [2.05, 4.69) is 5.32 Å². The molecule has 1 aromatic carbocycles. The van der Waals surface area contributed by atoms with Gasteiger partial charge in [0.25, 0.3) is 5.69 Å². The van der Waals surface area contributed by atoms with Crippen molar-refractivity contribution in [1.29, 1.82) is 0 Å². The Morgan fingerprint density at radius 1 is 1.28 bits per heavy atom. The Bertz CT molecular complexity index is 428. The molecule has 0 fully saturated rings. The minimum absolute atomic E-state index is 0.0543. The maximum atomic E-state index is 10.8. The van der Waals surface area contributed by atoms with Gasteiger partial charge in [0, 0.05) is 6.07 Å². The third kappa shape index (κ3) is 2.88. The highest BCUT2D eigenvalue weighted by atomic mass is 35.5. The quantitative estimate of drug-likeness (QED) is 0.441. The van der Waals surface area contributed by atoms with Gasteiger partial charge in [0.15, 0.2) is 0 Å². The number of halogens is 1. The zero-order chi connectivity index (χ0) is 13.8. The molecule has 7 nitrogen and oxygen atoms in total. The first-order valence-corrected chi connectivity index (χ1v) is 5.41.